The fourth-order valence-corrected chi connectivity index (χ4v) is 1.54. The summed E-state index contributed by atoms with van der Waals surface area (Å²) >= 11 is 2.26. The van der Waals surface area contributed by atoms with E-state index in [-0.39, 0.29) is 5.91 Å². The summed E-state index contributed by atoms with van der Waals surface area (Å²) in [4.78, 5) is 22.4. The van der Waals surface area contributed by atoms with Crippen LogP contribution in [0.5, 0.6) is 0 Å². The Morgan fingerprint density at radius 1 is 1.19 bits per heavy atom. The molecular formula is C11H13IN2O2. The molecule has 0 unspecified atom stereocenters. The second kappa shape index (κ2) is 6.47. The number of carbonyl (C=O) groups excluding carboxylic acids is 2. The predicted octanol–water partition coefficient (Wildman–Crippen LogP) is 1.34. The molecule has 0 saturated carbocycles. The van der Waals surface area contributed by atoms with Crippen LogP contribution >= 0.6 is 22.6 Å². The second-order valence-corrected chi connectivity index (χ2v) is 4.32. The summed E-state index contributed by atoms with van der Waals surface area (Å²) < 4.78 is 1.01. The summed E-state index contributed by atoms with van der Waals surface area (Å²) in [5.74, 6) is -0.613. The number of amides is 2. The van der Waals surface area contributed by atoms with Gasteiger partial charge in [0.25, 0.3) is 5.91 Å². The number of rotatable bonds is 5. The van der Waals surface area contributed by atoms with E-state index in [1.807, 2.05) is 0 Å². The first-order chi connectivity index (χ1) is 7.65. The number of nitrogens with one attached hydrogen (secondary N) is 1. The highest BCUT2D eigenvalue weighted by molar-refractivity contribution is 14.1. The standard InChI is InChI=1S/C11H13IN2O2/c12-6-1-7-14-11(16)9-4-2-8(3-5-9)10(13)15/h2-5H,1,6-7H2,(H2,13,15)(H,14,16). The molecule has 1 aromatic carbocycles. The Balaban J connectivity index is 2.59. The van der Waals surface area contributed by atoms with Gasteiger partial charge in [0, 0.05) is 22.1 Å². The average Bonchev–Trinajstić information content (AvgIpc) is 2.29. The number of halogens is 1. The Bertz CT molecular complexity index is 376. The van der Waals surface area contributed by atoms with Gasteiger partial charge in [-0.05, 0) is 30.7 Å². The highest BCUT2D eigenvalue weighted by atomic mass is 127. The molecule has 0 spiro atoms. The van der Waals surface area contributed by atoms with Gasteiger partial charge in [0.05, 0.1) is 0 Å². The number of alkyl halides is 1. The van der Waals surface area contributed by atoms with Crippen LogP contribution in [0, 0.1) is 0 Å². The minimum Gasteiger partial charge on any atom is -0.366 e. The van der Waals surface area contributed by atoms with Gasteiger partial charge in [-0.25, -0.2) is 0 Å². The van der Waals surface area contributed by atoms with Crippen molar-refractivity contribution in [3.63, 3.8) is 0 Å². The molecule has 3 N–H and O–H groups in total. The average molecular weight is 332 g/mol. The number of hydrogen-bond acceptors (Lipinski definition) is 2. The highest BCUT2D eigenvalue weighted by Crippen LogP contribution is 2.03. The maximum absolute atomic E-state index is 11.6. The van der Waals surface area contributed by atoms with Crippen molar-refractivity contribution in [1.29, 1.82) is 0 Å². The Kier molecular flexibility index (Phi) is 5.24. The van der Waals surface area contributed by atoms with Crippen LogP contribution in [0.2, 0.25) is 0 Å². The zero-order valence-electron chi connectivity index (χ0n) is 8.70. The molecule has 0 aliphatic heterocycles. The zero-order valence-corrected chi connectivity index (χ0v) is 10.9. The van der Waals surface area contributed by atoms with Gasteiger partial charge >= 0.3 is 0 Å². The van der Waals surface area contributed by atoms with Gasteiger partial charge in [-0.2, -0.15) is 0 Å². The van der Waals surface area contributed by atoms with E-state index in [2.05, 4.69) is 27.9 Å². The molecule has 0 aliphatic carbocycles. The normalized spacial score (nSPS) is 9.81. The SMILES string of the molecule is NC(=O)c1ccc(C(=O)NCCCI)cc1. The molecule has 0 aliphatic rings. The van der Waals surface area contributed by atoms with Crippen molar-refractivity contribution in [2.75, 3.05) is 11.0 Å². The third-order valence-electron chi connectivity index (χ3n) is 2.03. The van der Waals surface area contributed by atoms with Gasteiger partial charge in [0.15, 0.2) is 0 Å². The quantitative estimate of drug-likeness (QED) is 0.485. The first-order valence-electron chi connectivity index (χ1n) is 4.89. The molecule has 0 bridgehead atoms. The number of benzene rings is 1. The maximum Gasteiger partial charge on any atom is 0.251 e. The predicted molar refractivity (Wildman–Crippen MR) is 70.8 cm³/mol. The second-order valence-electron chi connectivity index (χ2n) is 3.24. The summed E-state index contributed by atoms with van der Waals surface area (Å²) in [6.07, 6.45) is 0.950. The van der Waals surface area contributed by atoms with E-state index in [4.69, 9.17) is 5.73 Å². The Morgan fingerprint density at radius 3 is 2.25 bits per heavy atom. The number of carbonyl (C=O) groups is 2. The van der Waals surface area contributed by atoms with Gasteiger partial charge in [-0.1, -0.05) is 22.6 Å². The molecule has 0 heterocycles. The Morgan fingerprint density at radius 2 is 1.75 bits per heavy atom. The summed E-state index contributed by atoms with van der Waals surface area (Å²) in [7, 11) is 0. The van der Waals surface area contributed by atoms with Crippen LogP contribution in [0.15, 0.2) is 24.3 Å². The minimum absolute atomic E-state index is 0.124. The Labute approximate surface area is 108 Å². The lowest BCUT2D eigenvalue weighted by Crippen LogP contribution is -2.24. The highest BCUT2D eigenvalue weighted by Gasteiger charge is 2.05. The molecule has 0 fully saturated rings. The van der Waals surface area contributed by atoms with Crippen molar-refractivity contribution in [3.8, 4) is 0 Å². The summed E-state index contributed by atoms with van der Waals surface area (Å²) in [5, 5.41) is 2.79. The first kappa shape index (κ1) is 13.0. The number of hydrogen-bond donors (Lipinski definition) is 2. The molecule has 1 aromatic rings. The number of nitrogens with two attached hydrogens (primary N) is 1. The lowest BCUT2D eigenvalue weighted by Gasteiger charge is -2.04. The monoisotopic (exact) mass is 332 g/mol. The van der Waals surface area contributed by atoms with Gasteiger partial charge in [0.1, 0.15) is 0 Å². The fraction of sp³-hybridized carbons (Fsp3) is 0.273. The molecule has 0 radical (unpaired) electrons. The molecule has 0 atom stereocenters. The summed E-state index contributed by atoms with van der Waals surface area (Å²) in [5.41, 5.74) is 6.04. The van der Waals surface area contributed by atoms with Crippen LogP contribution < -0.4 is 11.1 Å². The van der Waals surface area contributed by atoms with Gasteiger partial charge in [-0.3, -0.25) is 9.59 Å². The molecule has 0 saturated heterocycles. The van der Waals surface area contributed by atoms with Gasteiger partial charge in [0.2, 0.25) is 5.91 Å². The Hall–Kier alpha value is -1.11. The van der Waals surface area contributed by atoms with Crippen molar-refractivity contribution in [2.45, 2.75) is 6.42 Å². The van der Waals surface area contributed by atoms with Crippen LogP contribution in [0.1, 0.15) is 27.1 Å². The largest absolute Gasteiger partial charge is 0.366 e. The van der Waals surface area contributed by atoms with E-state index in [9.17, 15) is 9.59 Å². The van der Waals surface area contributed by atoms with Crippen molar-refractivity contribution >= 4 is 34.4 Å². The van der Waals surface area contributed by atoms with Gasteiger partial charge < -0.3 is 11.1 Å². The molecule has 2 amide bonds. The van der Waals surface area contributed by atoms with E-state index in [1.165, 1.54) is 0 Å². The first-order valence-corrected chi connectivity index (χ1v) is 6.41. The lowest BCUT2D eigenvalue weighted by atomic mass is 10.1. The van der Waals surface area contributed by atoms with Crippen molar-refractivity contribution in [3.05, 3.63) is 35.4 Å². The molecule has 16 heavy (non-hydrogen) atoms. The summed E-state index contributed by atoms with van der Waals surface area (Å²) in [6.45, 7) is 0.666. The minimum atomic E-state index is -0.489. The van der Waals surface area contributed by atoms with Crippen LogP contribution in [-0.2, 0) is 0 Å². The summed E-state index contributed by atoms with van der Waals surface area (Å²) in [6, 6.07) is 6.30. The smallest absolute Gasteiger partial charge is 0.251 e. The molecule has 0 aromatic heterocycles. The van der Waals surface area contributed by atoms with Gasteiger partial charge in [-0.15, -0.1) is 0 Å². The zero-order chi connectivity index (χ0) is 12.0. The van der Waals surface area contributed by atoms with Crippen molar-refractivity contribution in [2.24, 2.45) is 5.73 Å². The molecule has 86 valence electrons. The van der Waals surface area contributed by atoms with E-state index in [0.717, 1.165) is 10.8 Å². The van der Waals surface area contributed by atoms with E-state index in [1.54, 1.807) is 24.3 Å². The molecular weight excluding hydrogens is 319 g/mol. The van der Waals surface area contributed by atoms with Crippen LogP contribution in [0.25, 0.3) is 0 Å². The number of primary amides is 1. The van der Waals surface area contributed by atoms with Crippen LogP contribution in [0.4, 0.5) is 0 Å². The van der Waals surface area contributed by atoms with E-state index in [0.29, 0.717) is 17.7 Å². The van der Waals surface area contributed by atoms with E-state index >= 15 is 0 Å². The third kappa shape index (κ3) is 3.80. The van der Waals surface area contributed by atoms with Crippen LogP contribution in [-0.4, -0.2) is 22.8 Å². The lowest BCUT2D eigenvalue weighted by molar-refractivity contribution is 0.0951. The third-order valence-corrected chi connectivity index (χ3v) is 2.79. The van der Waals surface area contributed by atoms with Crippen molar-refractivity contribution < 1.29 is 9.59 Å². The fourth-order valence-electron chi connectivity index (χ4n) is 1.16. The van der Waals surface area contributed by atoms with Crippen LogP contribution in [0.3, 0.4) is 0 Å². The van der Waals surface area contributed by atoms with E-state index < -0.39 is 5.91 Å². The topological polar surface area (TPSA) is 72.2 Å². The molecule has 1 rings (SSSR count). The molecule has 5 heteroatoms. The maximum atomic E-state index is 11.6. The molecule has 4 nitrogen and oxygen atoms in total. The van der Waals surface area contributed by atoms with Crippen molar-refractivity contribution in [1.82, 2.24) is 5.32 Å².